The topological polar surface area (TPSA) is 110 Å². The summed E-state index contributed by atoms with van der Waals surface area (Å²) in [5, 5.41) is 24.1. The zero-order chi connectivity index (χ0) is 17.2. The summed E-state index contributed by atoms with van der Waals surface area (Å²) in [6, 6.07) is 8.70. The molecule has 126 valence electrons. The first-order chi connectivity index (χ1) is 11.5. The molecule has 0 bridgehead atoms. The summed E-state index contributed by atoms with van der Waals surface area (Å²) < 4.78 is 0. The Hall–Kier alpha value is -2.77. The highest BCUT2D eigenvalue weighted by Gasteiger charge is 2.41. The standard InChI is InChI=1S/C16H19N5O3/c1-11(15(24)17-16(8-5-9-16)10-13(22)23)21-19-14(18-20-21)12-6-3-2-4-7-12/h2-4,6-7,11H,5,8-10H2,1H3,(H,17,24)(H,22,23). The number of rotatable bonds is 6. The number of carboxylic acids is 1. The number of nitrogens with one attached hydrogen (secondary N) is 1. The average Bonchev–Trinajstić information content (AvgIpc) is 3.02. The summed E-state index contributed by atoms with van der Waals surface area (Å²) in [5.74, 6) is -0.764. The van der Waals surface area contributed by atoms with E-state index in [1.165, 1.54) is 4.80 Å². The summed E-state index contributed by atoms with van der Waals surface area (Å²) in [4.78, 5) is 24.7. The predicted molar refractivity (Wildman–Crippen MR) is 84.9 cm³/mol. The second kappa shape index (κ2) is 6.38. The van der Waals surface area contributed by atoms with Crippen LogP contribution in [0.3, 0.4) is 0 Å². The van der Waals surface area contributed by atoms with Gasteiger partial charge in [0.15, 0.2) is 0 Å². The maximum Gasteiger partial charge on any atom is 0.305 e. The van der Waals surface area contributed by atoms with Gasteiger partial charge in [-0.05, 0) is 31.4 Å². The van der Waals surface area contributed by atoms with Gasteiger partial charge in [-0.3, -0.25) is 9.59 Å². The molecule has 1 amide bonds. The quantitative estimate of drug-likeness (QED) is 0.829. The second-order valence-electron chi connectivity index (χ2n) is 6.17. The molecule has 8 nitrogen and oxygen atoms in total. The smallest absolute Gasteiger partial charge is 0.305 e. The summed E-state index contributed by atoms with van der Waals surface area (Å²) in [5.41, 5.74) is 0.178. The van der Waals surface area contributed by atoms with Gasteiger partial charge in [0, 0.05) is 5.56 Å². The third-order valence-corrected chi connectivity index (χ3v) is 4.37. The molecule has 0 saturated heterocycles. The lowest BCUT2D eigenvalue weighted by Crippen LogP contribution is -2.56. The number of hydrogen-bond donors (Lipinski definition) is 2. The van der Waals surface area contributed by atoms with E-state index in [1.807, 2.05) is 30.3 Å². The molecule has 3 rings (SSSR count). The van der Waals surface area contributed by atoms with Crippen molar-refractivity contribution in [3.63, 3.8) is 0 Å². The lowest BCUT2D eigenvalue weighted by molar-refractivity contribution is -0.140. The van der Waals surface area contributed by atoms with Crippen molar-refractivity contribution >= 4 is 11.9 Å². The van der Waals surface area contributed by atoms with E-state index in [-0.39, 0.29) is 12.3 Å². The number of tetrazole rings is 1. The van der Waals surface area contributed by atoms with E-state index in [0.29, 0.717) is 18.7 Å². The minimum Gasteiger partial charge on any atom is -0.481 e. The van der Waals surface area contributed by atoms with E-state index in [2.05, 4.69) is 20.7 Å². The van der Waals surface area contributed by atoms with Crippen LogP contribution in [0.2, 0.25) is 0 Å². The molecule has 0 spiro atoms. The van der Waals surface area contributed by atoms with Crippen molar-refractivity contribution in [3.8, 4) is 11.4 Å². The summed E-state index contributed by atoms with van der Waals surface area (Å²) in [7, 11) is 0. The molecule has 1 saturated carbocycles. The third kappa shape index (κ3) is 3.27. The summed E-state index contributed by atoms with van der Waals surface area (Å²) in [6.45, 7) is 1.67. The van der Waals surface area contributed by atoms with Gasteiger partial charge in [0.05, 0.1) is 12.0 Å². The molecular weight excluding hydrogens is 310 g/mol. The zero-order valence-electron chi connectivity index (χ0n) is 13.3. The molecular formula is C16H19N5O3. The first-order valence-electron chi connectivity index (χ1n) is 7.88. The largest absolute Gasteiger partial charge is 0.481 e. The molecule has 1 aromatic carbocycles. The number of aliphatic carboxylic acids is 1. The fourth-order valence-electron chi connectivity index (χ4n) is 2.80. The average molecular weight is 329 g/mol. The van der Waals surface area contributed by atoms with Crippen LogP contribution < -0.4 is 5.32 Å². The van der Waals surface area contributed by atoms with Gasteiger partial charge < -0.3 is 10.4 Å². The maximum atomic E-state index is 12.4. The Morgan fingerprint density at radius 1 is 1.33 bits per heavy atom. The van der Waals surface area contributed by atoms with E-state index in [4.69, 9.17) is 5.11 Å². The molecule has 1 unspecified atom stereocenters. The monoisotopic (exact) mass is 329 g/mol. The van der Waals surface area contributed by atoms with E-state index >= 15 is 0 Å². The summed E-state index contributed by atoms with van der Waals surface area (Å²) in [6.07, 6.45) is 2.21. The van der Waals surface area contributed by atoms with Gasteiger partial charge in [-0.15, -0.1) is 10.2 Å². The molecule has 1 aliphatic carbocycles. The lowest BCUT2D eigenvalue weighted by Gasteiger charge is -2.41. The highest BCUT2D eigenvalue weighted by Crippen LogP contribution is 2.35. The molecule has 24 heavy (non-hydrogen) atoms. The Morgan fingerprint density at radius 3 is 2.62 bits per heavy atom. The van der Waals surface area contributed by atoms with Crippen LogP contribution in [0.25, 0.3) is 11.4 Å². The van der Waals surface area contributed by atoms with Crippen LogP contribution in [0, 0.1) is 0 Å². The number of hydrogen-bond acceptors (Lipinski definition) is 5. The molecule has 0 radical (unpaired) electrons. The highest BCUT2D eigenvalue weighted by molar-refractivity contribution is 5.81. The van der Waals surface area contributed by atoms with Crippen LogP contribution in [-0.4, -0.2) is 42.7 Å². The Balaban J connectivity index is 1.70. The maximum absolute atomic E-state index is 12.4. The van der Waals surface area contributed by atoms with Crippen LogP contribution in [0.4, 0.5) is 0 Å². The minimum absolute atomic E-state index is 0.0640. The van der Waals surface area contributed by atoms with Crippen molar-refractivity contribution < 1.29 is 14.7 Å². The van der Waals surface area contributed by atoms with Gasteiger partial charge in [0.2, 0.25) is 11.7 Å². The molecule has 2 N–H and O–H groups in total. The van der Waals surface area contributed by atoms with Crippen LogP contribution in [0.15, 0.2) is 30.3 Å². The van der Waals surface area contributed by atoms with Crippen molar-refractivity contribution in [2.75, 3.05) is 0 Å². The first kappa shape index (κ1) is 16.1. The molecule has 1 heterocycles. The number of aromatic nitrogens is 4. The minimum atomic E-state index is -0.909. The summed E-state index contributed by atoms with van der Waals surface area (Å²) >= 11 is 0. The molecule has 8 heteroatoms. The van der Waals surface area contributed by atoms with E-state index in [0.717, 1.165) is 12.0 Å². The van der Waals surface area contributed by atoms with Crippen LogP contribution in [0.5, 0.6) is 0 Å². The lowest BCUT2D eigenvalue weighted by atomic mass is 9.74. The Bertz CT molecular complexity index is 739. The van der Waals surface area contributed by atoms with Crippen LogP contribution in [-0.2, 0) is 9.59 Å². The number of nitrogens with zero attached hydrogens (tertiary/aromatic N) is 4. The molecule has 1 aliphatic rings. The van der Waals surface area contributed by atoms with Crippen molar-refractivity contribution in [3.05, 3.63) is 30.3 Å². The zero-order valence-corrected chi connectivity index (χ0v) is 13.3. The fourth-order valence-corrected chi connectivity index (χ4v) is 2.80. The Labute approximate surface area is 138 Å². The number of benzene rings is 1. The van der Waals surface area contributed by atoms with E-state index in [9.17, 15) is 9.59 Å². The fraction of sp³-hybridized carbons (Fsp3) is 0.438. The SMILES string of the molecule is CC(C(=O)NC1(CC(=O)O)CCC1)n1nnc(-c2ccccc2)n1. The molecule has 0 aliphatic heterocycles. The number of carboxylic acid groups (broad SMARTS) is 1. The number of carbonyl (C=O) groups excluding carboxylic acids is 1. The van der Waals surface area contributed by atoms with Crippen molar-refractivity contribution in [2.45, 2.75) is 44.2 Å². The third-order valence-electron chi connectivity index (χ3n) is 4.37. The van der Waals surface area contributed by atoms with Crippen molar-refractivity contribution in [1.29, 1.82) is 0 Å². The molecule has 1 fully saturated rings. The van der Waals surface area contributed by atoms with Crippen molar-refractivity contribution in [2.24, 2.45) is 0 Å². The van der Waals surface area contributed by atoms with Gasteiger partial charge in [-0.1, -0.05) is 30.3 Å². The van der Waals surface area contributed by atoms with Crippen molar-refractivity contribution in [1.82, 2.24) is 25.5 Å². The Morgan fingerprint density at radius 2 is 2.04 bits per heavy atom. The van der Waals surface area contributed by atoms with Gasteiger partial charge in [0.1, 0.15) is 6.04 Å². The predicted octanol–water partition coefficient (Wildman–Crippen LogP) is 1.41. The number of amides is 1. The number of carbonyl (C=O) groups is 2. The van der Waals surface area contributed by atoms with Gasteiger partial charge >= 0.3 is 5.97 Å². The Kier molecular flexibility index (Phi) is 4.28. The van der Waals surface area contributed by atoms with E-state index < -0.39 is 17.6 Å². The second-order valence-corrected chi connectivity index (χ2v) is 6.17. The highest BCUT2D eigenvalue weighted by atomic mass is 16.4. The molecule has 2 aromatic rings. The molecule has 1 atom stereocenters. The van der Waals surface area contributed by atoms with Gasteiger partial charge in [-0.25, -0.2) is 0 Å². The van der Waals surface area contributed by atoms with E-state index in [1.54, 1.807) is 6.92 Å². The normalized spacial score (nSPS) is 16.9. The van der Waals surface area contributed by atoms with Crippen LogP contribution in [0.1, 0.15) is 38.6 Å². The van der Waals surface area contributed by atoms with Crippen LogP contribution >= 0.6 is 0 Å². The van der Waals surface area contributed by atoms with Gasteiger partial charge in [-0.2, -0.15) is 4.80 Å². The van der Waals surface area contributed by atoms with Gasteiger partial charge in [0.25, 0.3) is 0 Å². The molecule has 1 aromatic heterocycles. The first-order valence-corrected chi connectivity index (χ1v) is 7.88.